The third-order valence-corrected chi connectivity index (χ3v) is 4.89. The molecule has 3 nitrogen and oxygen atoms in total. The normalized spacial score (nSPS) is 46.3. The van der Waals surface area contributed by atoms with E-state index in [0.717, 1.165) is 18.4 Å². The van der Waals surface area contributed by atoms with Crippen molar-refractivity contribution in [3.8, 4) is 0 Å². The Morgan fingerprint density at radius 3 is 2.61 bits per heavy atom. The van der Waals surface area contributed by atoms with Crippen molar-refractivity contribution < 1.29 is 14.9 Å². The summed E-state index contributed by atoms with van der Waals surface area (Å²) in [6, 6.07) is 0. The molecule has 3 rings (SSSR count). The van der Waals surface area contributed by atoms with E-state index in [1.165, 1.54) is 5.57 Å². The fraction of sp³-hybridized carbons (Fsp3) is 0.733. The zero-order valence-corrected chi connectivity index (χ0v) is 11.4. The van der Waals surface area contributed by atoms with Crippen molar-refractivity contribution in [1.82, 2.24) is 0 Å². The molecule has 3 unspecified atom stereocenters. The number of ether oxygens (including phenoxy) is 1. The first-order valence-corrected chi connectivity index (χ1v) is 6.69. The Bertz CT molecular complexity index is 462. The zero-order valence-electron chi connectivity index (χ0n) is 11.4. The molecule has 3 atom stereocenters. The van der Waals surface area contributed by atoms with Gasteiger partial charge >= 0.3 is 0 Å². The maximum absolute atomic E-state index is 11.0. The number of fused-ring (bicyclic) bond motifs is 2. The van der Waals surface area contributed by atoms with Gasteiger partial charge in [-0.25, -0.2) is 0 Å². The van der Waals surface area contributed by atoms with Crippen LogP contribution in [0.3, 0.4) is 0 Å². The fourth-order valence-electron chi connectivity index (χ4n) is 3.99. The molecule has 0 bridgehead atoms. The van der Waals surface area contributed by atoms with Crippen molar-refractivity contribution in [3.63, 3.8) is 0 Å². The van der Waals surface area contributed by atoms with Gasteiger partial charge in [-0.1, -0.05) is 32.9 Å². The Hall–Kier alpha value is -0.640. The highest BCUT2D eigenvalue weighted by atomic mass is 16.6. The minimum absolute atomic E-state index is 0.156. The molecule has 2 aliphatic carbocycles. The molecule has 0 spiro atoms. The molecule has 18 heavy (non-hydrogen) atoms. The van der Waals surface area contributed by atoms with E-state index in [1.807, 2.05) is 0 Å². The predicted molar refractivity (Wildman–Crippen MR) is 68.8 cm³/mol. The van der Waals surface area contributed by atoms with E-state index < -0.39 is 11.4 Å². The van der Waals surface area contributed by atoms with Crippen LogP contribution in [0.15, 0.2) is 23.3 Å². The van der Waals surface area contributed by atoms with Crippen molar-refractivity contribution in [2.75, 3.05) is 6.61 Å². The lowest BCUT2D eigenvalue weighted by Crippen LogP contribution is -2.56. The number of hydrogen-bond acceptors (Lipinski definition) is 3. The molecule has 0 saturated carbocycles. The molecule has 0 aromatic carbocycles. The van der Waals surface area contributed by atoms with Crippen LogP contribution in [0.25, 0.3) is 0 Å². The highest BCUT2D eigenvalue weighted by Crippen LogP contribution is 2.59. The molecule has 3 heteroatoms. The van der Waals surface area contributed by atoms with Crippen molar-refractivity contribution in [1.29, 1.82) is 0 Å². The zero-order chi connectivity index (χ0) is 13.3. The quantitative estimate of drug-likeness (QED) is 0.648. The lowest BCUT2D eigenvalue weighted by molar-refractivity contribution is -0.251. The maximum Gasteiger partial charge on any atom is 0.203 e. The van der Waals surface area contributed by atoms with Crippen LogP contribution in [-0.2, 0) is 4.74 Å². The molecule has 0 radical (unpaired) electrons. The van der Waals surface area contributed by atoms with E-state index in [0.29, 0.717) is 12.0 Å². The van der Waals surface area contributed by atoms with Gasteiger partial charge in [0.15, 0.2) is 5.60 Å². The Labute approximate surface area is 108 Å². The molecule has 1 aliphatic heterocycles. The summed E-state index contributed by atoms with van der Waals surface area (Å²) in [4.78, 5) is 0. The highest BCUT2D eigenvalue weighted by Gasteiger charge is 2.64. The van der Waals surface area contributed by atoms with Gasteiger partial charge in [0.05, 0.1) is 6.61 Å². The molecule has 0 aromatic heterocycles. The van der Waals surface area contributed by atoms with Crippen LogP contribution in [0.1, 0.15) is 40.0 Å². The number of aliphatic hydroxyl groups is 2. The lowest BCUT2D eigenvalue weighted by atomic mass is 9.69. The van der Waals surface area contributed by atoms with Crippen molar-refractivity contribution >= 4 is 0 Å². The van der Waals surface area contributed by atoms with E-state index >= 15 is 0 Å². The van der Waals surface area contributed by atoms with Crippen LogP contribution >= 0.6 is 0 Å². The third-order valence-electron chi connectivity index (χ3n) is 4.89. The van der Waals surface area contributed by atoms with Gasteiger partial charge in [-0.3, -0.25) is 0 Å². The van der Waals surface area contributed by atoms with Crippen molar-refractivity contribution in [2.45, 2.75) is 51.4 Å². The van der Waals surface area contributed by atoms with Gasteiger partial charge in [0.25, 0.3) is 0 Å². The minimum atomic E-state index is -1.47. The summed E-state index contributed by atoms with van der Waals surface area (Å²) in [5.74, 6) is -1.21. The van der Waals surface area contributed by atoms with Crippen LogP contribution in [0.5, 0.6) is 0 Å². The molecule has 0 aromatic rings. The van der Waals surface area contributed by atoms with Gasteiger partial charge in [-0.2, -0.15) is 0 Å². The fourth-order valence-corrected chi connectivity index (χ4v) is 3.99. The smallest absolute Gasteiger partial charge is 0.203 e. The summed E-state index contributed by atoms with van der Waals surface area (Å²) in [7, 11) is 0. The van der Waals surface area contributed by atoms with Crippen molar-refractivity contribution in [2.24, 2.45) is 11.3 Å². The van der Waals surface area contributed by atoms with E-state index in [-0.39, 0.29) is 17.9 Å². The van der Waals surface area contributed by atoms with Gasteiger partial charge in [-0.15, -0.1) is 0 Å². The first-order valence-electron chi connectivity index (χ1n) is 6.69. The summed E-state index contributed by atoms with van der Waals surface area (Å²) >= 11 is 0. The molecule has 100 valence electrons. The Morgan fingerprint density at radius 1 is 1.28 bits per heavy atom. The molecule has 2 N–H and O–H groups in total. The Kier molecular flexibility index (Phi) is 2.25. The van der Waals surface area contributed by atoms with Gasteiger partial charge < -0.3 is 14.9 Å². The summed E-state index contributed by atoms with van der Waals surface area (Å²) in [5.41, 5.74) is 1.67. The summed E-state index contributed by atoms with van der Waals surface area (Å²) in [6.45, 7) is 10.7. The largest absolute Gasteiger partial charge is 0.375 e. The van der Waals surface area contributed by atoms with Gasteiger partial charge in [0.1, 0.15) is 0 Å². The van der Waals surface area contributed by atoms with Crippen molar-refractivity contribution in [3.05, 3.63) is 23.3 Å². The maximum atomic E-state index is 11.0. The first-order chi connectivity index (χ1) is 8.20. The summed E-state index contributed by atoms with van der Waals surface area (Å²) < 4.78 is 5.48. The Morgan fingerprint density at radius 2 is 1.94 bits per heavy atom. The van der Waals surface area contributed by atoms with Crippen LogP contribution in [-0.4, -0.2) is 28.2 Å². The number of rotatable bonds is 0. The molecule has 3 aliphatic rings. The van der Waals surface area contributed by atoms with Gasteiger partial charge in [0.2, 0.25) is 5.79 Å². The molecule has 1 saturated heterocycles. The van der Waals surface area contributed by atoms with Crippen LogP contribution in [0.2, 0.25) is 0 Å². The third kappa shape index (κ3) is 1.30. The van der Waals surface area contributed by atoms with E-state index in [1.54, 1.807) is 0 Å². The Balaban J connectivity index is 2.16. The topological polar surface area (TPSA) is 49.7 Å². The van der Waals surface area contributed by atoms with Crippen LogP contribution in [0, 0.1) is 11.3 Å². The van der Waals surface area contributed by atoms with Crippen LogP contribution < -0.4 is 0 Å². The van der Waals surface area contributed by atoms with Crippen LogP contribution in [0.4, 0.5) is 0 Å². The highest BCUT2D eigenvalue weighted by molar-refractivity contribution is 5.47. The summed E-state index contributed by atoms with van der Waals surface area (Å²) in [6.07, 6.45) is 2.26. The second kappa shape index (κ2) is 3.27. The first kappa shape index (κ1) is 12.4. The lowest BCUT2D eigenvalue weighted by Gasteiger charge is -2.44. The molecular weight excluding hydrogens is 228 g/mol. The standard InChI is InChI=1S/C15H22O3/c1-9-5-14(16)15(17,10(2)8-18-14)12-7-13(3,4)6-11(9)12/h9,16-17H,2,5-8H2,1,3-4H3. The SMILES string of the molecule is C=C1COC2(O)CC(C)C3=C(CC(C)(C)C3)C12O. The van der Waals surface area contributed by atoms with E-state index in [9.17, 15) is 10.2 Å². The molecular formula is C15H22O3. The monoisotopic (exact) mass is 250 g/mol. The molecule has 1 heterocycles. The average Bonchev–Trinajstić information content (AvgIpc) is 2.69. The average molecular weight is 250 g/mol. The van der Waals surface area contributed by atoms with E-state index in [2.05, 4.69) is 27.4 Å². The van der Waals surface area contributed by atoms with Gasteiger partial charge in [-0.05, 0) is 35.3 Å². The number of allylic oxidation sites excluding steroid dienone is 1. The predicted octanol–water partition coefficient (Wildman–Crippen LogP) is 2.15. The second-order valence-electron chi connectivity index (χ2n) is 7.01. The molecule has 0 amide bonds. The molecule has 1 fully saturated rings. The number of hydrogen-bond donors (Lipinski definition) is 2. The minimum Gasteiger partial charge on any atom is -0.375 e. The summed E-state index contributed by atoms with van der Waals surface area (Å²) in [5, 5.41) is 21.7. The second-order valence-corrected chi connectivity index (χ2v) is 7.01. The van der Waals surface area contributed by atoms with E-state index in [4.69, 9.17) is 4.74 Å². The van der Waals surface area contributed by atoms with Gasteiger partial charge in [0, 0.05) is 6.42 Å².